The van der Waals surface area contributed by atoms with Crippen LogP contribution in [0.3, 0.4) is 0 Å². The maximum absolute atomic E-state index is 11.9. The van der Waals surface area contributed by atoms with Gasteiger partial charge in [-0.2, -0.15) is 0 Å². The lowest BCUT2D eigenvalue weighted by atomic mass is 9.99. The third kappa shape index (κ3) is 2.19. The third-order valence-electron chi connectivity index (χ3n) is 3.76. The van der Waals surface area contributed by atoms with Gasteiger partial charge < -0.3 is 5.32 Å². The highest BCUT2D eigenvalue weighted by Crippen LogP contribution is 2.27. The fourth-order valence-electron chi connectivity index (χ4n) is 2.92. The van der Waals surface area contributed by atoms with Crippen molar-refractivity contribution in [2.75, 3.05) is 13.1 Å². The van der Waals surface area contributed by atoms with E-state index < -0.39 is 0 Å². The Balaban J connectivity index is 1.64. The summed E-state index contributed by atoms with van der Waals surface area (Å²) in [6, 6.07) is 0.860. The molecule has 1 N–H and O–H groups in total. The predicted octanol–water partition coefficient (Wildman–Crippen LogP) is 0.895. The van der Waals surface area contributed by atoms with Crippen LogP contribution in [0, 0.1) is 0 Å². The van der Waals surface area contributed by atoms with Gasteiger partial charge in [-0.05, 0) is 37.3 Å². The Morgan fingerprint density at radius 2 is 2.35 bits per heavy atom. The van der Waals surface area contributed by atoms with Crippen LogP contribution in [0.2, 0.25) is 0 Å². The summed E-state index contributed by atoms with van der Waals surface area (Å²) < 4.78 is 3.72. The zero-order valence-electron chi connectivity index (χ0n) is 9.63. The van der Waals surface area contributed by atoms with Crippen LogP contribution in [-0.4, -0.2) is 45.6 Å². The van der Waals surface area contributed by atoms with Crippen LogP contribution in [0.5, 0.6) is 0 Å². The van der Waals surface area contributed by atoms with Gasteiger partial charge in [-0.1, -0.05) is 10.9 Å². The second-order valence-corrected chi connectivity index (χ2v) is 5.54. The monoisotopic (exact) mass is 252 g/mol. The van der Waals surface area contributed by atoms with Gasteiger partial charge in [-0.3, -0.25) is 9.69 Å². The van der Waals surface area contributed by atoms with E-state index in [1.807, 2.05) is 0 Å². The Hall–Kier alpha value is -1.01. The number of hydrogen-bond acceptors (Lipinski definition) is 5. The molecule has 92 valence electrons. The highest BCUT2D eigenvalue weighted by molar-refractivity contribution is 7.07. The number of hydrogen-bond donors (Lipinski definition) is 1. The Morgan fingerprint density at radius 1 is 1.41 bits per heavy atom. The van der Waals surface area contributed by atoms with Gasteiger partial charge in [0, 0.05) is 18.6 Å². The van der Waals surface area contributed by atoms with Crippen LogP contribution in [0.15, 0.2) is 6.20 Å². The van der Waals surface area contributed by atoms with Gasteiger partial charge in [-0.15, -0.1) is 5.10 Å². The highest BCUT2D eigenvalue weighted by Gasteiger charge is 2.36. The summed E-state index contributed by atoms with van der Waals surface area (Å²) in [7, 11) is 0. The molecule has 2 aliphatic rings. The molecule has 1 amide bonds. The molecule has 0 spiro atoms. The van der Waals surface area contributed by atoms with Crippen molar-refractivity contribution in [1.29, 1.82) is 0 Å². The van der Waals surface area contributed by atoms with E-state index in [4.69, 9.17) is 0 Å². The average molecular weight is 252 g/mol. The first-order valence-electron chi connectivity index (χ1n) is 6.17. The molecule has 0 saturated carbocycles. The minimum atomic E-state index is -0.0163. The minimum absolute atomic E-state index is 0.0163. The summed E-state index contributed by atoms with van der Waals surface area (Å²) >= 11 is 1.16. The van der Waals surface area contributed by atoms with Crippen molar-refractivity contribution in [3.8, 4) is 0 Å². The SMILES string of the molecule is O=C(NC1CCN2CCCCC12)c1cnns1. The number of carbonyl (C=O) groups excluding carboxylic acids is 1. The summed E-state index contributed by atoms with van der Waals surface area (Å²) in [5.74, 6) is -0.0163. The van der Waals surface area contributed by atoms with E-state index in [0.717, 1.165) is 24.5 Å². The Bertz CT molecular complexity index is 394. The Labute approximate surface area is 104 Å². The quantitative estimate of drug-likeness (QED) is 0.849. The first-order valence-corrected chi connectivity index (χ1v) is 6.94. The predicted molar refractivity (Wildman–Crippen MR) is 65.0 cm³/mol. The molecule has 0 bridgehead atoms. The lowest BCUT2D eigenvalue weighted by Gasteiger charge is -2.32. The lowest BCUT2D eigenvalue weighted by molar-refractivity contribution is 0.0919. The van der Waals surface area contributed by atoms with Crippen LogP contribution in [0.25, 0.3) is 0 Å². The third-order valence-corrected chi connectivity index (χ3v) is 4.42. The summed E-state index contributed by atoms with van der Waals surface area (Å²) in [5, 5.41) is 6.83. The molecule has 5 nitrogen and oxygen atoms in total. The molecular weight excluding hydrogens is 236 g/mol. The zero-order valence-corrected chi connectivity index (χ0v) is 10.4. The molecule has 0 aliphatic carbocycles. The number of nitrogens with zero attached hydrogens (tertiary/aromatic N) is 3. The number of aromatic nitrogens is 2. The molecule has 3 heterocycles. The molecule has 2 aliphatic heterocycles. The van der Waals surface area contributed by atoms with Gasteiger partial charge in [0.2, 0.25) is 0 Å². The van der Waals surface area contributed by atoms with E-state index in [1.165, 1.54) is 32.0 Å². The largest absolute Gasteiger partial charge is 0.347 e. The molecule has 1 aromatic heterocycles. The molecule has 0 radical (unpaired) electrons. The number of amides is 1. The van der Waals surface area contributed by atoms with E-state index in [-0.39, 0.29) is 5.91 Å². The number of piperidine rings is 1. The molecule has 3 rings (SSSR count). The molecule has 2 unspecified atom stereocenters. The van der Waals surface area contributed by atoms with Crippen LogP contribution in [-0.2, 0) is 0 Å². The Kier molecular flexibility index (Phi) is 3.07. The van der Waals surface area contributed by atoms with Crippen LogP contribution >= 0.6 is 11.5 Å². The summed E-state index contributed by atoms with van der Waals surface area (Å²) in [6.45, 7) is 2.32. The van der Waals surface area contributed by atoms with Crippen molar-refractivity contribution in [3.63, 3.8) is 0 Å². The van der Waals surface area contributed by atoms with E-state index in [2.05, 4.69) is 19.8 Å². The molecule has 17 heavy (non-hydrogen) atoms. The number of fused-ring (bicyclic) bond motifs is 1. The molecule has 2 atom stereocenters. The van der Waals surface area contributed by atoms with Crippen molar-refractivity contribution >= 4 is 17.4 Å². The smallest absolute Gasteiger partial charge is 0.264 e. The van der Waals surface area contributed by atoms with Crippen molar-refractivity contribution in [2.45, 2.75) is 37.8 Å². The van der Waals surface area contributed by atoms with Gasteiger partial charge in [0.05, 0.1) is 6.20 Å². The molecule has 6 heteroatoms. The second-order valence-electron chi connectivity index (χ2n) is 4.75. The van der Waals surface area contributed by atoms with E-state index in [9.17, 15) is 4.79 Å². The number of rotatable bonds is 2. The van der Waals surface area contributed by atoms with Crippen molar-refractivity contribution in [1.82, 2.24) is 19.8 Å². The average Bonchev–Trinajstić information content (AvgIpc) is 2.98. The van der Waals surface area contributed by atoms with Crippen LogP contribution < -0.4 is 5.32 Å². The molecular formula is C11H16N4OS. The molecule has 0 aromatic carbocycles. The highest BCUT2D eigenvalue weighted by atomic mass is 32.1. The van der Waals surface area contributed by atoms with Crippen LogP contribution in [0.4, 0.5) is 0 Å². The minimum Gasteiger partial charge on any atom is -0.347 e. The topological polar surface area (TPSA) is 58.1 Å². The lowest BCUT2D eigenvalue weighted by Crippen LogP contribution is -2.46. The van der Waals surface area contributed by atoms with E-state index >= 15 is 0 Å². The first kappa shape index (κ1) is 11.1. The van der Waals surface area contributed by atoms with Crippen LogP contribution in [0.1, 0.15) is 35.4 Å². The van der Waals surface area contributed by atoms with Gasteiger partial charge in [-0.25, -0.2) is 0 Å². The van der Waals surface area contributed by atoms with E-state index in [0.29, 0.717) is 17.0 Å². The fourth-order valence-corrected chi connectivity index (χ4v) is 3.34. The fraction of sp³-hybridized carbons (Fsp3) is 0.727. The van der Waals surface area contributed by atoms with Gasteiger partial charge in [0.1, 0.15) is 4.88 Å². The standard InChI is InChI=1S/C11H16N4OS/c16-11(10-7-12-14-17-10)13-8-4-6-15-5-2-1-3-9(8)15/h7-9H,1-6H2,(H,13,16). The Morgan fingerprint density at radius 3 is 3.18 bits per heavy atom. The summed E-state index contributed by atoms with van der Waals surface area (Å²) in [6.07, 6.45) is 6.41. The summed E-state index contributed by atoms with van der Waals surface area (Å²) in [5.41, 5.74) is 0. The maximum atomic E-state index is 11.9. The first-order chi connectivity index (χ1) is 8.34. The number of carbonyl (C=O) groups is 1. The number of nitrogens with one attached hydrogen (secondary N) is 1. The van der Waals surface area contributed by atoms with Crippen molar-refractivity contribution in [2.24, 2.45) is 0 Å². The van der Waals surface area contributed by atoms with E-state index in [1.54, 1.807) is 0 Å². The van der Waals surface area contributed by atoms with Gasteiger partial charge in [0.25, 0.3) is 5.91 Å². The maximum Gasteiger partial charge on any atom is 0.264 e. The zero-order chi connectivity index (χ0) is 11.7. The van der Waals surface area contributed by atoms with Crippen molar-refractivity contribution in [3.05, 3.63) is 11.1 Å². The normalized spacial score (nSPS) is 28.9. The summed E-state index contributed by atoms with van der Waals surface area (Å²) in [4.78, 5) is 15.1. The van der Waals surface area contributed by atoms with Gasteiger partial charge in [0.15, 0.2) is 0 Å². The van der Waals surface area contributed by atoms with Gasteiger partial charge >= 0.3 is 0 Å². The molecule has 2 saturated heterocycles. The second kappa shape index (κ2) is 4.70. The molecule has 2 fully saturated rings. The molecule has 1 aromatic rings. The van der Waals surface area contributed by atoms with Crippen molar-refractivity contribution < 1.29 is 4.79 Å².